The summed E-state index contributed by atoms with van der Waals surface area (Å²) in [6.07, 6.45) is 5.20. The third kappa shape index (κ3) is 4.81. The van der Waals surface area contributed by atoms with Gasteiger partial charge in [0, 0.05) is 19.5 Å². The average molecular weight is 434 g/mol. The van der Waals surface area contributed by atoms with Crippen LogP contribution in [0, 0.1) is 11.2 Å². The predicted molar refractivity (Wildman–Crippen MR) is 116 cm³/mol. The highest BCUT2D eigenvalue weighted by Crippen LogP contribution is 2.49. The van der Waals surface area contributed by atoms with Gasteiger partial charge in [-0.15, -0.1) is 0 Å². The molecule has 3 aliphatic rings. The van der Waals surface area contributed by atoms with E-state index in [0.717, 1.165) is 45.2 Å². The number of piperidine rings is 1. The van der Waals surface area contributed by atoms with Crippen LogP contribution in [-0.2, 0) is 20.7 Å². The molecule has 172 valence electrons. The first kappa shape index (κ1) is 22.7. The van der Waals surface area contributed by atoms with Crippen LogP contribution in [0.1, 0.15) is 64.9 Å². The second-order valence-corrected chi connectivity index (χ2v) is 10.6. The van der Waals surface area contributed by atoms with Crippen molar-refractivity contribution in [1.29, 1.82) is 0 Å². The van der Waals surface area contributed by atoms with Crippen LogP contribution in [0.3, 0.4) is 0 Å². The number of rotatable bonds is 5. The van der Waals surface area contributed by atoms with Crippen molar-refractivity contribution in [3.8, 4) is 0 Å². The fourth-order valence-electron chi connectivity index (χ4n) is 5.46. The third-order valence-electron chi connectivity index (χ3n) is 7.74. The SMILES string of the molecule is CC(C)(O)[C@@H]1CC[C@](C)([C@H]2CC3(CCN(C(=O)CCc4ccccc4F)CC3)CO2)O1. The molecular weight excluding hydrogens is 397 g/mol. The van der Waals surface area contributed by atoms with Gasteiger partial charge in [-0.3, -0.25) is 4.79 Å². The Balaban J connectivity index is 1.28. The van der Waals surface area contributed by atoms with Gasteiger partial charge < -0.3 is 19.5 Å². The Bertz CT molecular complexity index is 799. The summed E-state index contributed by atoms with van der Waals surface area (Å²) in [7, 11) is 0. The van der Waals surface area contributed by atoms with Gasteiger partial charge in [0.15, 0.2) is 0 Å². The quantitative estimate of drug-likeness (QED) is 0.766. The van der Waals surface area contributed by atoms with Crippen molar-refractivity contribution in [2.75, 3.05) is 19.7 Å². The summed E-state index contributed by atoms with van der Waals surface area (Å²) in [6.45, 7) is 7.90. The van der Waals surface area contributed by atoms with Gasteiger partial charge in [-0.05, 0) is 76.3 Å². The summed E-state index contributed by atoms with van der Waals surface area (Å²) in [6, 6.07) is 6.67. The first-order valence-corrected chi connectivity index (χ1v) is 11.6. The molecular formula is C25H36FNO4. The van der Waals surface area contributed by atoms with Gasteiger partial charge in [0.05, 0.1) is 30.0 Å². The zero-order valence-electron chi connectivity index (χ0n) is 19.0. The van der Waals surface area contributed by atoms with Crippen molar-refractivity contribution in [2.24, 2.45) is 5.41 Å². The van der Waals surface area contributed by atoms with E-state index >= 15 is 0 Å². The summed E-state index contributed by atoms with van der Waals surface area (Å²) in [5, 5.41) is 10.3. The van der Waals surface area contributed by atoms with Crippen molar-refractivity contribution >= 4 is 5.91 Å². The van der Waals surface area contributed by atoms with Gasteiger partial charge in [-0.1, -0.05) is 18.2 Å². The first-order valence-electron chi connectivity index (χ1n) is 11.6. The molecule has 1 spiro atoms. The average Bonchev–Trinajstić information content (AvgIpc) is 3.33. The minimum Gasteiger partial charge on any atom is -0.388 e. The van der Waals surface area contributed by atoms with E-state index in [2.05, 4.69) is 6.92 Å². The summed E-state index contributed by atoms with van der Waals surface area (Å²) in [5.41, 5.74) is -0.499. The summed E-state index contributed by atoms with van der Waals surface area (Å²) < 4.78 is 26.4. The van der Waals surface area contributed by atoms with Crippen molar-refractivity contribution in [2.45, 2.75) is 89.1 Å². The van der Waals surface area contributed by atoms with Gasteiger partial charge in [0.25, 0.3) is 0 Å². The maximum atomic E-state index is 13.8. The Morgan fingerprint density at radius 1 is 1.26 bits per heavy atom. The lowest BCUT2D eigenvalue weighted by Gasteiger charge is -2.39. The first-order chi connectivity index (χ1) is 14.6. The minimum absolute atomic E-state index is 0.0307. The van der Waals surface area contributed by atoms with Crippen molar-refractivity contribution in [3.63, 3.8) is 0 Å². The number of aryl methyl sites for hydroxylation is 1. The van der Waals surface area contributed by atoms with E-state index in [1.807, 2.05) is 11.0 Å². The maximum absolute atomic E-state index is 13.8. The van der Waals surface area contributed by atoms with Crippen LogP contribution in [0.15, 0.2) is 24.3 Å². The second-order valence-electron chi connectivity index (χ2n) is 10.6. The Morgan fingerprint density at radius 3 is 2.61 bits per heavy atom. The maximum Gasteiger partial charge on any atom is 0.222 e. The van der Waals surface area contributed by atoms with E-state index in [4.69, 9.17) is 9.47 Å². The number of benzene rings is 1. The summed E-state index contributed by atoms with van der Waals surface area (Å²) in [5.74, 6) is -0.135. The molecule has 3 fully saturated rings. The lowest BCUT2D eigenvalue weighted by atomic mass is 9.74. The second kappa shape index (κ2) is 8.45. The molecule has 6 heteroatoms. The molecule has 0 bridgehead atoms. The number of amides is 1. The lowest BCUT2D eigenvalue weighted by Crippen LogP contribution is -2.45. The van der Waals surface area contributed by atoms with Crippen LogP contribution >= 0.6 is 0 Å². The van der Waals surface area contributed by atoms with Gasteiger partial charge in [0.1, 0.15) is 5.82 Å². The predicted octanol–water partition coefficient (Wildman–Crippen LogP) is 3.86. The molecule has 3 aliphatic heterocycles. The van der Waals surface area contributed by atoms with Crippen LogP contribution < -0.4 is 0 Å². The van der Waals surface area contributed by atoms with E-state index in [1.54, 1.807) is 26.0 Å². The molecule has 3 atom stereocenters. The zero-order valence-corrected chi connectivity index (χ0v) is 19.0. The molecule has 1 N–H and O–H groups in total. The highest BCUT2D eigenvalue weighted by atomic mass is 19.1. The van der Waals surface area contributed by atoms with Crippen molar-refractivity contribution in [1.82, 2.24) is 4.90 Å². The van der Waals surface area contributed by atoms with Gasteiger partial charge in [0.2, 0.25) is 5.91 Å². The summed E-state index contributed by atoms with van der Waals surface area (Å²) >= 11 is 0. The smallest absolute Gasteiger partial charge is 0.222 e. The standard InChI is InChI=1S/C25H36FNO4/c1-23(2,29)20-10-11-24(3,31-20)21-16-25(17-30-21)12-14-27(15-13-25)22(28)9-8-18-6-4-5-7-19(18)26/h4-7,20-21,29H,8-17H2,1-3H3/t20-,21+,24+/m0/s1. The van der Waals surface area contributed by atoms with Crippen LogP contribution in [0.5, 0.6) is 0 Å². The van der Waals surface area contributed by atoms with E-state index in [0.29, 0.717) is 25.0 Å². The Morgan fingerprint density at radius 2 is 1.97 bits per heavy atom. The molecule has 3 saturated heterocycles. The lowest BCUT2D eigenvalue weighted by molar-refractivity contribution is -0.155. The van der Waals surface area contributed by atoms with Crippen molar-refractivity contribution < 1.29 is 23.8 Å². The molecule has 0 aliphatic carbocycles. The highest BCUT2D eigenvalue weighted by Gasteiger charge is 2.53. The molecule has 0 aromatic heterocycles. The van der Waals surface area contributed by atoms with Gasteiger partial charge in [-0.25, -0.2) is 4.39 Å². The largest absolute Gasteiger partial charge is 0.388 e. The van der Waals surface area contributed by atoms with E-state index in [1.165, 1.54) is 6.07 Å². The number of carbonyl (C=O) groups is 1. The van der Waals surface area contributed by atoms with Crippen LogP contribution in [-0.4, -0.2) is 59.0 Å². The summed E-state index contributed by atoms with van der Waals surface area (Å²) in [4.78, 5) is 14.6. The molecule has 0 unspecified atom stereocenters. The molecule has 31 heavy (non-hydrogen) atoms. The number of carbonyl (C=O) groups excluding carboxylic acids is 1. The monoisotopic (exact) mass is 433 g/mol. The molecule has 0 radical (unpaired) electrons. The fraction of sp³-hybridized carbons (Fsp3) is 0.720. The Labute approximate surface area is 184 Å². The van der Waals surface area contributed by atoms with E-state index in [-0.39, 0.29) is 34.9 Å². The van der Waals surface area contributed by atoms with E-state index < -0.39 is 5.60 Å². The number of halogens is 1. The molecule has 1 aromatic carbocycles. The Hall–Kier alpha value is -1.50. The minimum atomic E-state index is -0.845. The zero-order chi connectivity index (χ0) is 22.3. The van der Waals surface area contributed by atoms with Gasteiger partial charge >= 0.3 is 0 Å². The number of likely N-dealkylation sites (tertiary alicyclic amines) is 1. The van der Waals surface area contributed by atoms with Crippen molar-refractivity contribution in [3.05, 3.63) is 35.6 Å². The molecule has 3 heterocycles. The highest BCUT2D eigenvalue weighted by molar-refractivity contribution is 5.76. The molecule has 1 amide bonds. The number of ether oxygens (including phenoxy) is 2. The molecule has 1 aromatic rings. The molecule has 4 rings (SSSR count). The van der Waals surface area contributed by atoms with Crippen LogP contribution in [0.4, 0.5) is 4.39 Å². The normalized spacial score (nSPS) is 30.8. The molecule has 0 saturated carbocycles. The number of hydrogen-bond acceptors (Lipinski definition) is 4. The topological polar surface area (TPSA) is 59.0 Å². The van der Waals surface area contributed by atoms with E-state index in [9.17, 15) is 14.3 Å². The Kier molecular flexibility index (Phi) is 6.18. The molecule has 5 nitrogen and oxygen atoms in total. The van der Waals surface area contributed by atoms with Crippen LogP contribution in [0.2, 0.25) is 0 Å². The number of aliphatic hydroxyl groups is 1. The van der Waals surface area contributed by atoms with Gasteiger partial charge in [-0.2, -0.15) is 0 Å². The van der Waals surface area contributed by atoms with Crippen LogP contribution in [0.25, 0.3) is 0 Å². The third-order valence-corrected chi connectivity index (χ3v) is 7.74. The fourth-order valence-corrected chi connectivity index (χ4v) is 5.46. The number of nitrogens with zero attached hydrogens (tertiary/aromatic N) is 1. The number of hydrogen-bond donors (Lipinski definition) is 1.